The van der Waals surface area contributed by atoms with E-state index in [1.54, 1.807) is 42.0 Å². The van der Waals surface area contributed by atoms with Crippen LogP contribution < -0.4 is 0 Å². The maximum absolute atomic E-state index is 12.0. The normalized spacial score (nSPS) is 13.7. The first-order chi connectivity index (χ1) is 13.6. The zero-order valence-corrected chi connectivity index (χ0v) is 16.6. The van der Waals surface area contributed by atoms with Crippen LogP contribution in [-0.2, 0) is 4.74 Å². The van der Waals surface area contributed by atoms with Gasteiger partial charge in [-0.15, -0.1) is 11.3 Å². The molecule has 0 radical (unpaired) electrons. The van der Waals surface area contributed by atoms with Crippen LogP contribution in [0, 0.1) is 3.95 Å². The molecule has 140 valence electrons. The van der Waals surface area contributed by atoms with E-state index >= 15 is 0 Å². The van der Waals surface area contributed by atoms with Crippen molar-refractivity contribution in [2.75, 3.05) is 6.61 Å². The number of esters is 1. The second kappa shape index (κ2) is 7.53. The van der Waals surface area contributed by atoms with Gasteiger partial charge in [0, 0.05) is 17.4 Å². The van der Waals surface area contributed by atoms with Crippen molar-refractivity contribution in [3.05, 3.63) is 68.5 Å². The predicted octanol–water partition coefficient (Wildman–Crippen LogP) is 5.41. The van der Waals surface area contributed by atoms with E-state index in [0.29, 0.717) is 26.7 Å². The molecule has 3 aromatic rings. The number of aromatic nitrogens is 1. The van der Waals surface area contributed by atoms with Crippen LogP contribution in [0.15, 0.2) is 53.5 Å². The predicted molar refractivity (Wildman–Crippen MR) is 115 cm³/mol. The number of aromatic hydroxyl groups is 1. The van der Waals surface area contributed by atoms with Crippen LogP contribution in [-0.4, -0.2) is 28.5 Å². The van der Waals surface area contributed by atoms with Crippen molar-refractivity contribution < 1.29 is 14.6 Å². The summed E-state index contributed by atoms with van der Waals surface area (Å²) in [6.45, 7) is 2.06. The lowest BCUT2D eigenvalue weighted by Gasteiger charge is -2.07. The molecule has 5 nitrogen and oxygen atoms in total. The Bertz CT molecular complexity index is 1190. The van der Waals surface area contributed by atoms with Gasteiger partial charge < -0.3 is 9.84 Å². The number of thiazole rings is 1. The molecule has 1 aliphatic heterocycles. The van der Waals surface area contributed by atoms with Crippen LogP contribution in [0.3, 0.4) is 0 Å². The van der Waals surface area contributed by atoms with Gasteiger partial charge in [0.1, 0.15) is 0 Å². The Balaban J connectivity index is 1.75. The number of carbonyl (C=O) groups is 1. The Kier molecular flexibility index (Phi) is 4.93. The lowest BCUT2D eigenvalue weighted by Crippen LogP contribution is -2.05. The third kappa shape index (κ3) is 3.30. The molecule has 1 N–H and O–H groups in total. The van der Waals surface area contributed by atoms with Gasteiger partial charge in [-0.1, -0.05) is 24.3 Å². The highest BCUT2D eigenvalue weighted by molar-refractivity contribution is 7.73. The summed E-state index contributed by atoms with van der Waals surface area (Å²) in [5.74, 6) is -0.381. The van der Waals surface area contributed by atoms with Gasteiger partial charge in [-0.3, -0.25) is 9.56 Å². The van der Waals surface area contributed by atoms with Crippen LogP contribution >= 0.6 is 23.6 Å². The summed E-state index contributed by atoms with van der Waals surface area (Å²) in [6, 6.07) is 14.7. The van der Waals surface area contributed by atoms with Gasteiger partial charge >= 0.3 is 5.97 Å². The molecule has 0 spiro atoms. The molecule has 2 aromatic carbocycles. The Morgan fingerprint density at radius 2 is 2.11 bits per heavy atom. The van der Waals surface area contributed by atoms with E-state index < -0.39 is 5.97 Å². The van der Waals surface area contributed by atoms with Crippen LogP contribution in [0.1, 0.15) is 27.7 Å². The number of rotatable bonds is 4. The lowest BCUT2D eigenvalue weighted by atomic mass is 10.1. The zero-order valence-electron chi connectivity index (χ0n) is 15.0. The Morgan fingerprint density at radius 3 is 2.93 bits per heavy atom. The van der Waals surface area contributed by atoms with Gasteiger partial charge in [0.15, 0.2) is 3.95 Å². The first kappa shape index (κ1) is 18.3. The minimum absolute atomic E-state index is 0.0290. The highest BCUT2D eigenvalue weighted by Crippen LogP contribution is 2.36. The Hall–Kier alpha value is -3.03. The number of carbonyl (C=O) groups excluding carboxylic acids is 1. The van der Waals surface area contributed by atoms with Gasteiger partial charge in [-0.2, -0.15) is 0 Å². The number of fused-ring (bicyclic) bond motifs is 1. The van der Waals surface area contributed by atoms with Crippen molar-refractivity contribution in [2.24, 2.45) is 4.99 Å². The molecule has 1 aromatic heterocycles. The van der Waals surface area contributed by atoms with Gasteiger partial charge in [0.05, 0.1) is 28.4 Å². The van der Waals surface area contributed by atoms with Crippen molar-refractivity contribution in [1.82, 2.24) is 4.57 Å². The van der Waals surface area contributed by atoms with Crippen molar-refractivity contribution in [3.63, 3.8) is 0 Å². The van der Waals surface area contributed by atoms with E-state index in [9.17, 15) is 9.90 Å². The molecule has 0 atom stereocenters. The molecule has 0 amide bonds. The van der Waals surface area contributed by atoms with Gasteiger partial charge in [-0.05, 0) is 49.5 Å². The van der Waals surface area contributed by atoms with E-state index in [0.717, 1.165) is 16.8 Å². The summed E-state index contributed by atoms with van der Waals surface area (Å²) in [5, 5.41) is 10.8. The number of nitrogens with zero attached hydrogens (tertiary/aromatic N) is 2. The minimum Gasteiger partial charge on any atom is -0.493 e. The maximum atomic E-state index is 12.0. The van der Waals surface area contributed by atoms with Crippen molar-refractivity contribution in [3.8, 4) is 11.6 Å². The zero-order chi connectivity index (χ0) is 19.7. The molecule has 4 rings (SSSR count). The molecule has 0 saturated carbocycles. The number of ether oxygens (including phenoxy) is 1. The molecule has 0 fully saturated rings. The third-order valence-electron chi connectivity index (χ3n) is 4.27. The first-order valence-electron chi connectivity index (χ1n) is 8.66. The number of aliphatic imine (C=N–C) groups is 1. The number of para-hydroxylation sites is 1. The molecule has 0 bridgehead atoms. The van der Waals surface area contributed by atoms with Gasteiger partial charge in [0.2, 0.25) is 5.88 Å². The number of hydrogen-bond donors (Lipinski definition) is 1. The number of benzene rings is 2. The summed E-state index contributed by atoms with van der Waals surface area (Å²) in [7, 11) is 0. The fourth-order valence-corrected chi connectivity index (χ4v) is 4.29. The highest BCUT2D eigenvalue weighted by atomic mass is 32.1. The van der Waals surface area contributed by atoms with E-state index in [1.165, 1.54) is 11.3 Å². The maximum Gasteiger partial charge on any atom is 0.338 e. The largest absolute Gasteiger partial charge is 0.493 e. The minimum atomic E-state index is -0.410. The summed E-state index contributed by atoms with van der Waals surface area (Å²) in [5.41, 5.74) is 3.84. The second-order valence-corrected chi connectivity index (χ2v) is 7.71. The molecule has 28 heavy (non-hydrogen) atoms. The monoisotopic (exact) mass is 408 g/mol. The lowest BCUT2D eigenvalue weighted by molar-refractivity contribution is 0.0526. The molecule has 2 heterocycles. The van der Waals surface area contributed by atoms with Crippen molar-refractivity contribution in [1.29, 1.82) is 0 Å². The van der Waals surface area contributed by atoms with E-state index in [2.05, 4.69) is 4.99 Å². The summed E-state index contributed by atoms with van der Waals surface area (Å²) >= 11 is 6.76. The van der Waals surface area contributed by atoms with Crippen molar-refractivity contribution in [2.45, 2.75) is 6.92 Å². The van der Waals surface area contributed by atoms with Crippen LogP contribution in [0.4, 0.5) is 5.69 Å². The fraction of sp³-hybridized carbons (Fsp3) is 0.0952. The fourth-order valence-electron chi connectivity index (χ4n) is 2.99. The topological polar surface area (TPSA) is 63.8 Å². The third-order valence-corrected chi connectivity index (χ3v) is 5.58. The van der Waals surface area contributed by atoms with E-state index in [-0.39, 0.29) is 5.88 Å². The average Bonchev–Trinajstić information content (AvgIpc) is 3.23. The second-order valence-electron chi connectivity index (χ2n) is 6.04. The molecule has 0 unspecified atom stereocenters. The van der Waals surface area contributed by atoms with Gasteiger partial charge in [0.25, 0.3) is 0 Å². The molecular weight excluding hydrogens is 392 g/mol. The first-order valence-corrected chi connectivity index (χ1v) is 9.88. The molecular formula is C21H16N2O3S2. The van der Waals surface area contributed by atoms with Gasteiger partial charge in [-0.25, -0.2) is 4.79 Å². The summed E-state index contributed by atoms with van der Waals surface area (Å²) in [4.78, 5) is 17.0. The van der Waals surface area contributed by atoms with Crippen LogP contribution in [0.25, 0.3) is 17.3 Å². The van der Waals surface area contributed by atoms with E-state index in [4.69, 9.17) is 17.0 Å². The number of hydrogen-bond acceptors (Lipinski definition) is 6. The molecule has 7 heteroatoms. The molecule has 0 aliphatic carbocycles. The Labute approximate surface area is 170 Å². The smallest absolute Gasteiger partial charge is 0.338 e. The SMILES string of the molecule is CCOC(=O)c1cccc(-n2c(O)c(/C=C3/C=Nc4ccccc43)sc2=S)c1. The number of allylic oxidation sites excluding steroid dienone is 1. The van der Waals surface area contributed by atoms with Crippen LogP contribution in [0.2, 0.25) is 0 Å². The Morgan fingerprint density at radius 1 is 1.29 bits per heavy atom. The molecule has 0 saturated heterocycles. The summed E-state index contributed by atoms with van der Waals surface area (Å²) in [6.07, 6.45) is 3.65. The highest BCUT2D eigenvalue weighted by Gasteiger charge is 2.17. The molecule has 1 aliphatic rings. The quantitative estimate of drug-likeness (QED) is 0.463. The standard InChI is InChI=1S/C21H16N2O3S2/c1-2-26-20(25)13-6-5-7-15(10-13)23-19(24)18(28-21(23)27)11-14-12-22-17-9-4-3-8-16(14)17/h3-12,24H,2H2,1H3/b14-11-. The van der Waals surface area contributed by atoms with Crippen molar-refractivity contribution >= 4 is 53.1 Å². The summed E-state index contributed by atoms with van der Waals surface area (Å²) < 4.78 is 7.08. The average molecular weight is 409 g/mol. The van der Waals surface area contributed by atoms with Crippen LogP contribution in [0.5, 0.6) is 5.88 Å². The van der Waals surface area contributed by atoms with E-state index in [1.807, 2.05) is 30.3 Å².